The number of fused-ring (bicyclic) bond motifs is 2. The molecule has 9 heteroatoms. The van der Waals surface area contributed by atoms with E-state index in [-0.39, 0.29) is 11.6 Å². The van der Waals surface area contributed by atoms with Gasteiger partial charge in [0.15, 0.2) is 0 Å². The molecule has 2 amide bonds. The number of nitrogens with one attached hydrogen (secondary N) is 2. The van der Waals surface area contributed by atoms with Gasteiger partial charge in [0.2, 0.25) is 0 Å². The maximum Gasteiger partial charge on any atom is 0.274 e. The van der Waals surface area contributed by atoms with Gasteiger partial charge in [-0.3, -0.25) is 14.6 Å². The van der Waals surface area contributed by atoms with Crippen molar-refractivity contribution in [2.75, 3.05) is 10.6 Å². The number of rotatable bonds is 4. The van der Waals surface area contributed by atoms with Crippen LogP contribution in [0.5, 0.6) is 0 Å². The molecule has 38 heavy (non-hydrogen) atoms. The van der Waals surface area contributed by atoms with Crippen LogP contribution in [0.15, 0.2) is 18.3 Å². The van der Waals surface area contributed by atoms with E-state index >= 15 is 0 Å². The highest BCUT2D eigenvalue weighted by Crippen LogP contribution is 2.38. The van der Waals surface area contributed by atoms with Gasteiger partial charge in [-0.1, -0.05) is 25.7 Å². The van der Waals surface area contributed by atoms with Gasteiger partial charge < -0.3 is 10.6 Å². The van der Waals surface area contributed by atoms with Crippen molar-refractivity contribution in [1.82, 2.24) is 4.98 Å². The molecule has 3 aromatic heterocycles. The Labute approximate surface area is 230 Å². The van der Waals surface area contributed by atoms with E-state index in [1.54, 1.807) is 6.07 Å². The third-order valence-electron chi connectivity index (χ3n) is 7.28. The molecule has 0 unspecified atom stereocenters. The molecule has 7 nitrogen and oxygen atoms in total. The van der Waals surface area contributed by atoms with E-state index in [2.05, 4.69) is 27.8 Å². The molecule has 0 radical (unpaired) electrons. The standard InChI is InChI=1S/C29H29N5O2S2/c30-15-21-19-9-5-1-3-7-11-24(19)37-28(21)33-26(35)18-13-14-23(32-17-18)27(36)34-29-22(16-31)20-10-6-2-4-8-12-25(20)38-29/h13-14,17H,1-12H2,(H,33,35)(H,34,36). The van der Waals surface area contributed by atoms with Crippen LogP contribution in [0.3, 0.4) is 0 Å². The third kappa shape index (κ3) is 5.50. The summed E-state index contributed by atoms with van der Waals surface area (Å²) in [5.41, 5.74) is 3.77. The number of carbonyl (C=O) groups excluding carboxylic acids is 2. The highest BCUT2D eigenvalue weighted by molar-refractivity contribution is 7.17. The minimum atomic E-state index is -0.410. The largest absolute Gasteiger partial charge is 0.312 e. The summed E-state index contributed by atoms with van der Waals surface area (Å²) in [5, 5.41) is 26.5. The van der Waals surface area contributed by atoms with Gasteiger partial charge in [-0.2, -0.15) is 10.5 Å². The molecular formula is C29H29N5O2S2. The molecule has 2 aliphatic rings. The van der Waals surface area contributed by atoms with Crippen LogP contribution in [0.4, 0.5) is 10.0 Å². The van der Waals surface area contributed by atoms with Gasteiger partial charge in [0.05, 0.1) is 16.7 Å². The summed E-state index contributed by atoms with van der Waals surface area (Å²) in [5.74, 6) is -0.771. The molecule has 0 spiro atoms. The molecule has 2 N–H and O–H groups in total. The van der Waals surface area contributed by atoms with E-state index in [0.717, 1.165) is 62.5 Å². The molecule has 0 aromatic carbocycles. The third-order valence-corrected chi connectivity index (χ3v) is 9.69. The second-order valence-corrected chi connectivity index (χ2v) is 12.0. The van der Waals surface area contributed by atoms with E-state index in [1.807, 2.05) is 0 Å². The second kappa shape index (κ2) is 11.9. The predicted octanol–water partition coefficient (Wildman–Crippen LogP) is 6.77. The smallest absolute Gasteiger partial charge is 0.274 e. The average molecular weight is 544 g/mol. The van der Waals surface area contributed by atoms with Gasteiger partial charge in [-0.15, -0.1) is 22.7 Å². The van der Waals surface area contributed by atoms with Crippen LogP contribution < -0.4 is 10.6 Å². The monoisotopic (exact) mass is 543 g/mol. The molecule has 3 heterocycles. The van der Waals surface area contributed by atoms with Gasteiger partial charge in [-0.05, 0) is 74.6 Å². The van der Waals surface area contributed by atoms with Gasteiger partial charge in [0, 0.05) is 16.0 Å². The van der Waals surface area contributed by atoms with Crippen LogP contribution in [0, 0.1) is 22.7 Å². The lowest BCUT2D eigenvalue weighted by Crippen LogP contribution is -2.16. The summed E-state index contributed by atoms with van der Waals surface area (Å²) < 4.78 is 0. The summed E-state index contributed by atoms with van der Waals surface area (Å²) in [7, 11) is 0. The molecule has 5 rings (SSSR count). The molecule has 0 saturated heterocycles. The number of aromatic nitrogens is 1. The van der Waals surface area contributed by atoms with Gasteiger partial charge >= 0.3 is 0 Å². The number of amides is 2. The predicted molar refractivity (Wildman–Crippen MR) is 150 cm³/mol. The zero-order valence-electron chi connectivity index (χ0n) is 21.2. The Morgan fingerprint density at radius 3 is 1.68 bits per heavy atom. The fraction of sp³-hybridized carbons (Fsp3) is 0.414. The molecule has 0 saturated carbocycles. The second-order valence-electron chi connectivity index (χ2n) is 9.81. The molecule has 0 bridgehead atoms. The lowest BCUT2D eigenvalue weighted by molar-refractivity contribution is 0.101. The Bertz CT molecular complexity index is 1330. The first kappa shape index (κ1) is 26.1. The summed E-state index contributed by atoms with van der Waals surface area (Å²) in [4.78, 5) is 32.5. The minimum Gasteiger partial charge on any atom is -0.312 e. The Balaban J connectivity index is 1.29. The van der Waals surface area contributed by atoms with E-state index in [1.165, 1.54) is 70.4 Å². The van der Waals surface area contributed by atoms with Gasteiger partial charge in [0.1, 0.15) is 27.8 Å². The van der Waals surface area contributed by atoms with Crippen molar-refractivity contribution in [2.24, 2.45) is 0 Å². The summed E-state index contributed by atoms with van der Waals surface area (Å²) in [6.07, 6.45) is 14.0. The number of nitriles is 2. The topological polar surface area (TPSA) is 119 Å². The SMILES string of the molecule is N#Cc1c(NC(=O)c2ccc(C(=O)Nc3sc4c(c3C#N)CCCCCC4)nc2)sc2c1CCCCCC2. The number of carbonyl (C=O) groups is 2. The molecule has 0 atom stereocenters. The first-order chi connectivity index (χ1) is 18.6. The van der Waals surface area contributed by atoms with E-state index < -0.39 is 5.91 Å². The molecule has 3 aromatic rings. The van der Waals surface area contributed by atoms with Gasteiger partial charge in [-0.25, -0.2) is 0 Å². The lowest BCUT2D eigenvalue weighted by atomic mass is 9.97. The Morgan fingerprint density at radius 1 is 0.711 bits per heavy atom. The van der Waals surface area contributed by atoms with E-state index in [0.29, 0.717) is 26.7 Å². The highest BCUT2D eigenvalue weighted by atomic mass is 32.1. The number of hydrogen-bond acceptors (Lipinski definition) is 7. The number of thiophene rings is 2. The fourth-order valence-electron chi connectivity index (χ4n) is 5.26. The maximum atomic E-state index is 13.0. The first-order valence-corrected chi connectivity index (χ1v) is 14.9. The quantitative estimate of drug-likeness (QED) is 0.376. The summed E-state index contributed by atoms with van der Waals surface area (Å²) >= 11 is 2.98. The average Bonchev–Trinajstić information content (AvgIpc) is 3.38. The van der Waals surface area contributed by atoms with E-state index in [4.69, 9.17) is 0 Å². The molecule has 0 aliphatic heterocycles. The summed E-state index contributed by atoms with van der Waals surface area (Å²) in [6, 6.07) is 7.66. The Kier molecular flexibility index (Phi) is 8.17. The molecule has 194 valence electrons. The number of anilines is 2. The zero-order valence-corrected chi connectivity index (χ0v) is 22.8. The Morgan fingerprint density at radius 2 is 1.21 bits per heavy atom. The zero-order chi connectivity index (χ0) is 26.5. The first-order valence-electron chi connectivity index (χ1n) is 13.3. The normalized spacial score (nSPS) is 15.3. The number of pyridine rings is 1. The van der Waals surface area contributed by atoms with Crippen molar-refractivity contribution < 1.29 is 9.59 Å². The maximum absolute atomic E-state index is 13.0. The van der Waals surface area contributed by atoms with Crippen LogP contribution in [0.1, 0.15) is 104 Å². The number of aryl methyl sites for hydroxylation is 2. The highest BCUT2D eigenvalue weighted by Gasteiger charge is 2.23. The van der Waals surface area contributed by atoms with E-state index in [9.17, 15) is 20.1 Å². The van der Waals surface area contributed by atoms with Crippen LogP contribution in [-0.4, -0.2) is 16.8 Å². The van der Waals surface area contributed by atoms with Crippen molar-refractivity contribution in [1.29, 1.82) is 10.5 Å². The summed E-state index contributed by atoms with van der Waals surface area (Å²) in [6.45, 7) is 0. The number of nitrogens with zero attached hydrogens (tertiary/aromatic N) is 3. The minimum absolute atomic E-state index is 0.169. The van der Waals surface area contributed by atoms with Crippen LogP contribution in [0.25, 0.3) is 0 Å². The molecule has 2 aliphatic carbocycles. The molecular weight excluding hydrogens is 514 g/mol. The van der Waals surface area contributed by atoms with Crippen LogP contribution in [0.2, 0.25) is 0 Å². The Hall–Kier alpha value is -3.53. The number of hydrogen-bond donors (Lipinski definition) is 2. The van der Waals surface area contributed by atoms with Crippen molar-refractivity contribution in [3.05, 3.63) is 61.6 Å². The van der Waals surface area contributed by atoms with Crippen molar-refractivity contribution in [3.8, 4) is 12.1 Å². The van der Waals surface area contributed by atoms with Crippen LogP contribution in [-0.2, 0) is 25.7 Å². The van der Waals surface area contributed by atoms with Gasteiger partial charge in [0.25, 0.3) is 11.8 Å². The molecule has 0 fully saturated rings. The van der Waals surface area contributed by atoms with Crippen molar-refractivity contribution in [3.63, 3.8) is 0 Å². The van der Waals surface area contributed by atoms with Crippen molar-refractivity contribution in [2.45, 2.75) is 77.0 Å². The fourth-order valence-corrected chi connectivity index (χ4v) is 7.73. The van der Waals surface area contributed by atoms with Crippen molar-refractivity contribution >= 4 is 44.5 Å². The lowest BCUT2D eigenvalue weighted by Gasteiger charge is -2.09. The van der Waals surface area contributed by atoms with Crippen LogP contribution >= 0.6 is 22.7 Å².